The Morgan fingerprint density at radius 1 is 1.15 bits per heavy atom. The Labute approximate surface area is 153 Å². The van der Waals surface area contributed by atoms with Crippen LogP contribution in [0.1, 0.15) is 37.8 Å². The molecule has 4 rings (SSSR count). The van der Waals surface area contributed by atoms with Gasteiger partial charge in [-0.15, -0.1) is 0 Å². The van der Waals surface area contributed by atoms with Gasteiger partial charge in [0.05, 0.1) is 29.5 Å². The third-order valence-corrected chi connectivity index (χ3v) is 5.27. The number of nitrogens with zero attached hydrogens (tertiary/aromatic N) is 4. The Kier molecular flexibility index (Phi) is 4.57. The first kappa shape index (κ1) is 16.9. The summed E-state index contributed by atoms with van der Waals surface area (Å²) in [6.07, 6.45) is 6.40. The van der Waals surface area contributed by atoms with E-state index in [-0.39, 0.29) is 23.8 Å². The lowest BCUT2D eigenvalue weighted by atomic mass is 10.00. The summed E-state index contributed by atoms with van der Waals surface area (Å²) in [6.45, 7) is 1.11. The van der Waals surface area contributed by atoms with E-state index in [9.17, 15) is 9.59 Å². The van der Waals surface area contributed by atoms with E-state index in [0.717, 1.165) is 48.8 Å². The fourth-order valence-corrected chi connectivity index (χ4v) is 3.66. The average molecular weight is 352 g/mol. The summed E-state index contributed by atoms with van der Waals surface area (Å²) in [5.41, 5.74) is 2.43. The van der Waals surface area contributed by atoms with Gasteiger partial charge in [-0.2, -0.15) is 0 Å². The maximum absolute atomic E-state index is 13.0. The van der Waals surface area contributed by atoms with Gasteiger partial charge in [0.2, 0.25) is 11.8 Å². The second-order valence-corrected chi connectivity index (χ2v) is 7.36. The van der Waals surface area contributed by atoms with Crippen LogP contribution in [0.2, 0.25) is 0 Å². The topological polar surface area (TPSA) is 66.4 Å². The smallest absolute Gasteiger partial charge is 0.245 e. The highest BCUT2D eigenvalue weighted by molar-refractivity contribution is 5.89. The molecule has 1 aromatic heterocycles. The van der Waals surface area contributed by atoms with Crippen molar-refractivity contribution in [2.24, 2.45) is 5.92 Å². The number of hydrogen-bond acceptors (Lipinski definition) is 4. The van der Waals surface area contributed by atoms with E-state index >= 15 is 0 Å². The largest absolute Gasteiger partial charge is 0.338 e. The number of amides is 2. The summed E-state index contributed by atoms with van der Waals surface area (Å²) in [4.78, 5) is 38.1. The van der Waals surface area contributed by atoms with Gasteiger partial charge in [0.1, 0.15) is 6.04 Å². The summed E-state index contributed by atoms with van der Waals surface area (Å²) >= 11 is 0. The number of rotatable bonds is 4. The summed E-state index contributed by atoms with van der Waals surface area (Å²) in [5.74, 6) is 0.329. The molecule has 1 atom stereocenters. The fourth-order valence-electron chi connectivity index (χ4n) is 3.66. The number of likely N-dealkylation sites (N-methyl/N-ethyl adjacent to an activating group) is 1. The highest BCUT2D eigenvalue weighted by atomic mass is 16.2. The molecular formula is C20H24N4O2. The van der Waals surface area contributed by atoms with Crippen LogP contribution in [0.15, 0.2) is 30.5 Å². The van der Waals surface area contributed by atoms with Crippen molar-refractivity contribution in [2.75, 3.05) is 13.6 Å². The zero-order chi connectivity index (χ0) is 18.1. The molecule has 6 nitrogen and oxygen atoms in total. The third kappa shape index (κ3) is 3.41. The molecule has 136 valence electrons. The normalized spacial score (nSPS) is 20.2. The molecule has 0 N–H and O–H groups in total. The molecule has 1 aromatic carbocycles. The predicted molar refractivity (Wildman–Crippen MR) is 98.1 cm³/mol. The summed E-state index contributed by atoms with van der Waals surface area (Å²) in [5, 5.41) is 0. The molecule has 0 radical (unpaired) electrons. The van der Waals surface area contributed by atoms with E-state index in [0.29, 0.717) is 13.1 Å². The lowest BCUT2D eigenvalue weighted by Crippen LogP contribution is -2.52. The van der Waals surface area contributed by atoms with Crippen molar-refractivity contribution >= 4 is 22.8 Å². The van der Waals surface area contributed by atoms with E-state index in [2.05, 4.69) is 9.97 Å². The van der Waals surface area contributed by atoms with Crippen molar-refractivity contribution in [1.29, 1.82) is 0 Å². The van der Waals surface area contributed by atoms with Crippen LogP contribution in [0.5, 0.6) is 0 Å². The molecule has 6 heteroatoms. The molecule has 2 amide bonds. The molecule has 0 bridgehead atoms. The molecule has 1 aliphatic heterocycles. The van der Waals surface area contributed by atoms with Crippen LogP contribution >= 0.6 is 0 Å². The highest BCUT2D eigenvalue weighted by Gasteiger charge is 2.40. The Morgan fingerprint density at radius 2 is 1.92 bits per heavy atom. The SMILES string of the molecule is CN(Cc1cnc2ccccc2n1)C(=O)C1CCCCN1C(=O)C1CC1. The van der Waals surface area contributed by atoms with E-state index < -0.39 is 0 Å². The van der Waals surface area contributed by atoms with Gasteiger partial charge < -0.3 is 9.80 Å². The van der Waals surface area contributed by atoms with Gasteiger partial charge in [-0.25, -0.2) is 4.98 Å². The quantitative estimate of drug-likeness (QED) is 0.847. The molecule has 0 spiro atoms. The maximum Gasteiger partial charge on any atom is 0.245 e. The predicted octanol–water partition coefficient (Wildman–Crippen LogP) is 2.38. The van der Waals surface area contributed by atoms with Crippen molar-refractivity contribution in [3.05, 3.63) is 36.2 Å². The standard InChI is InChI=1S/C20H24N4O2/c1-23(13-15-12-21-16-6-2-3-7-17(16)22-15)20(26)18-8-4-5-11-24(18)19(25)14-9-10-14/h2-3,6-7,12,14,18H,4-5,8-11,13H2,1H3. The first-order chi connectivity index (χ1) is 12.6. The van der Waals surface area contributed by atoms with E-state index in [4.69, 9.17) is 0 Å². The molecule has 2 heterocycles. The van der Waals surface area contributed by atoms with Crippen LogP contribution in [-0.2, 0) is 16.1 Å². The van der Waals surface area contributed by atoms with Gasteiger partial charge in [0, 0.05) is 19.5 Å². The number of fused-ring (bicyclic) bond motifs is 1. The van der Waals surface area contributed by atoms with Crippen molar-refractivity contribution in [1.82, 2.24) is 19.8 Å². The lowest BCUT2D eigenvalue weighted by molar-refractivity contribution is -0.148. The van der Waals surface area contributed by atoms with Gasteiger partial charge in [-0.1, -0.05) is 12.1 Å². The van der Waals surface area contributed by atoms with E-state index in [1.807, 2.05) is 29.2 Å². The summed E-state index contributed by atoms with van der Waals surface area (Å²) in [7, 11) is 1.79. The average Bonchev–Trinajstić information content (AvgIpc) is 3.52. The monoisotopic (exact) mass is 352 g/mol. The number of aromatic nitrogens is 2. The minimum Gasteiger partial charge on any atom is -0.338 e. The van der Waals surface area contributed by atoms with Crippen LogP contribution in [0.4, 0.5) is 0 Å². The molecule has 26 heavy (non-hydrogen) atoms. The number of benzene rings is 1. The second-order valence-electron chi connectivity index (χ2n) is 7.36. The first-order valence-electron chi connectivity index (χ1n) is 9.39. The molecule has 2 aliphatic rings. The minimum absolute atomic E-state index is 0.00802. The molecule has 1 saturated carbocycles. The second kappa shape index (κ2) is 7.02. The van der Waals surface area contributed by atoms with Gasteiger partial charge in [0.25, 0.3) is 0 Å². The first-order valence-corrected chi connectivity index (χ1v) is 9.39. The Balaban J connectivity index is 1.47. The van der Waals surface area contributed by atoms with Crippen molar-refractivity contribution in [2.45, 2.75) is 44.7 Å². The molecule has 2 aromatic rings. The Morgan fingerprint density at radius 3 is 2.69 bits per heavy atom. The van der Waals surface area contributed by atoms with Gasteiger partial charge in [0.15, 0.2) is 0 Å². The Hall–Kier alpha value is -2.50. The minimum atomic E-state index is -0.324. The zero-order valence-corrected chi connectivity index (χ0v) is 15.1. The van der Waals surface area contributed by atoms with Crippen molar-refractivity contribution in [3.8, 4) is 0 Å². The van der Waals surface area contributed by atoms with Gasteiger partial charge in [-0.05, 0) is 44.2 Å². The molecule has 1 saturated heterocycles. The number of para-hydroxylation sites is 2. The number of likely N-dealkylation sites (tertiary alicyclic amines) is 1. The summed E-state index contributed by atoms with van der Waals surface area (Å²) in [6, 6.07) is 7.38. The van der Waals surface area contributed by atoms with Crippen LogP contribution < -0.4 is 0 Å². The molecular weight excluding hydrogens is 328 g/mol. The van der Waals surface area contributed by atoms with Crippen molar-refractivity contribution in [3.63, 3.8) is 0 Å². The number of carbonyl (C=O) groups is 2. The van der Waals surface area contributed by atoms with Crippen LogP contribution in [-0.4, -0.2) is 51.2 Å². The van der Waals surface area contributed by atoms with Crippen LogP contribution in [0, 0.1) is 5.92 Å². The fraction of sp³-hybridized carbons (Fsp3) is 0.500. The highest BCUT2D eigenvalue weighted by Crippen LogP contribution is 2.33. The van der Waals surface area contributed by atoms with Crippen molar-refractivity contribution < 1.29 is 9.59 Å². The van der Waals surface area contributed by atoms with Crippen LogP contribution in [0.25, 0.3) is 11.0 Å². The lowest BCUT2D eigenvalue weighted by Gasteiger charge is -2.37. The molecule has 1 unspecified atom stereocenters. The van der Waals surface area contributed by atoms with E-state index in [1.165, 1.54) is 0 Å². The number of piperidine rings is 1. The Bertz CT molecular complexity index is 833. The third-order valence-electron chi connectivity index (χ3n) is 5.27. The molecule has 1 aliphatic carbocycles. The van der Waals surface area contributed by atoms with E-state index in [1.54, 1.807) is 18.1 Å². The van der Waals surface area contributed by atoms with Gasteiger partial charge in [-0.3, -0.25) is 14.6 Å². The number of hydrogen-bond donors (Lipinski definition) is 0. The zero-order valence-electron chi connectivity index (χ0n) is 15.1. The van der Waals surface area contributed by atoms with Crippen LogP contribution in [0.3, 0.4) is 0 Å². The number of carbonyl (C=O) groups excluding carboxylic acids is 2. The summed E-state index contributed by atoms with van der Waals surface area (Å²) < 4.78 is 0. The maximum atomic E-state index is 13.0. The van der Waals surface area contributed by atoms with Gasteiger partial charge >= 0.3 is 0 Å². The molecule has 2 fully saturated rings.